The molecule has 104 valence electrons. The Balaban J connectivity index is 1.85. The van der Waals surface area contributed by atoms with Gasteiger partial charge in [-0.05, 0) is 31.2 Å². The molecule has 1 aliphatic heterocycles. The maximum absolute atomic E-state index is 12.2. The lowest BCUT2D eigenvalue weighted by Gasteiger charge is -2.33. The molecular weight excluding hydrogens is 260 g/mol. The van der Waals surface area contributed by atoms with E-state index in [9.17, 15) is 4.79 Å². The lowest BCUT2D eigenvalue weighted by Crippen LogP contribution is -2.52. The largest absolute Gasteiger partial charge is 0.497 e. The average Bonchev–Trinajstić information content (AvgIpc) is 2.46. The lowest BCUT2D eigenvalue weighted by molar-refractivity contribution is -0.131. The molecule has 0 aromatic heterocycles. The van der Waals surface area contributed by atoms with Crippen molar-refractivity contribution in [2.75, 3.05) is 32.5 Å². The Morgan fingerprint density at radius 1 is 1.47 bits per heavy atom. The zero-order chi connectivity index (χ0) is 13.7. The Kier molecular flexibility index (Phi) is 5.10. The van der Waals surface area contributed by atoms with E-state index in [0.29, 0.717) is 5.75 Å². The highest BCUT2D eigenvalue weighted by Crippen LogP contribution is 2.22. The number of thioether (sulfide) groups is 1. The molecule has 0 saturated carbocycles. The number of benzene rings is 1. The van der Waals surface area contributed by atoms with Gasteiger partial charge in [0.15, 0.2) is 0 Å². The van der Waals surface area contributed by atoms with Gasteiger partial charge in [-0.3, -0.25) is 4.79 Å². The summed E-state index contributed by atoms with van der Waals surface area (Å²) in [6.45, 7) is 4.67. The molecule has 0 bridgehead atoms. The van der Waals surface area contributed by atoms with Gasteiger partial charge in [0.05, 0.1) is 12.9 Å². The quantitative estimate of drug-likeness (QED) is 0.851. The van der Waals surface area contributed by atoms with Crippen molar-refractivity contribution in [3.05, 3.63) is 24.3 Å². The van der Waals surface area contributed by atoms with E-state index < -0.39 is 0 Å². The molecule has 1 aromatic carbocycles. The Bertz CT molecular complexity index is 422. The van der Waals surface area contributed by atoms with Crippen LogP contribution in [0, 0.1) is 0 Å². The minimum absolute atomic E-state index is 0.217. The van der Waals surface area contributed by atoms with Gasteiger partial charge in [-0.25, -0.2) is 0 Å². The summed E-state index contributed by atoms with van der Waals surface area (Å²) in [7, 11) is 1.65. The molecule has 4 nitrogen and oxygen atoms in total. The third kappa shape index (κ3) is 3.88. The van der Waals surface area contributed by atoms with Crippen LogP contribution in [0.4, 0.5) is 0 Å². The minimum atomic E-state index is 0.217. The number of amides is 1. The number of nitrogens with one attached hydrogen (secondary N) is 1. The normalized spacial score (nSPS) is 19.3. The van der Waals surface area contributed by atoms with Gasteiger partial charge < -0.3 is 15.0 Å². The Labute approximate surface area is 118 Å². The molecule has 1 amide bonds. The number of rotatable bonds is 4. The van der Waals surface area contributed by atoms with Crippen molar-refractivity contribution in [2.24, 2.45) is 0 Å². The van der Waals surface area contributed by atoms with E-state index in [1.54, 1.807) is 18.9 Å². The second-order valence-corrected chi connectivity index (χ2v) is 5.65. The van der Waals surface area contributed by atoms with Crippen LogP contribution in [-0.4, -0.2) is 49.3 Å². The van der Waals surface area contributed by atoms with Gasteiger partial charge >= 0.3 is 0 Å². The van der Waals surface area contributed by atoms with Crippen LogP contribution in [-0.2, 0) is 4.79 Å². The summed E-state index contributed by atoms with van der Waals surface area (Å²) in [5.41, 5.74) is 0. The first-order chi connectivity index (χ1) is 9.20. The number of ether oxygens (including phenoxy) is 1. The van der Waals surface area contributed by atoms with Crippen LogP contribution in [0.15, 0.2) is 29.2 Å². The topological polar surface area (TPSA) is 41.6 Å². The van der Waals surface area contributed by atoms with E-state index in [1.807, 2.05) is 29.2 Å². The summed E-state index contributed by atoms with van der Waals surface area (Å²) < 4.78 is 5.11. The smallest absolute Gasteiger partial charge is 0.233 e. The van der Waals surface area contributed by atoms with Crippen molar-refractivity contribution < 1.29 is 9.53 Å². The van der Waals surface area contributed by atoms with Gasteiger partial charge in [0, 0.05) is 30.6 Å². The van der Waals surface area contributed by atoms with Crippen molar-refractivity contribution in [3.63, 3.8) is 0 Å². The third-order valence-corrected chi connectivity index (χ3v) is 4.24. The first-order valence-electron chi connectivity index (χ1n) is 6.47. The van der Waals surface area contributed by atoms with Crippen molar-refractivity contribution in [1.29, 1.82) is 0 Å². The van der Waals surface area contributed by atoms with Gasteiger partial charge in [0.1, 0.15) is 5.75 Å². The van der Waals surface area contributed by atoms with Crippen molar-refractivity contribution in [1.82, 2.24) is 10.2 Å². The molecule has 5 heteroatoms. The fraction of sp³-hybridized carbons (Fsp3) is 0.500. The molecular formula is C14H20N2O2S. The third-order valence-electron chi connectivity index (χ3n) is 3.24. The predicted octanol–water partition coefficient (Wildman–Crippen LogP) is 1.61. The number of methoxy groups -OCH3 is 1. The molecule has 1 saturated heterocycles. The second-order valence-electron chi connectivity index (χ2n) is 4.60. The standard InChI is InChI=1S/C14H20N2O2S/c1-11-9-15-7-8-16(11)14(17)10-19-13-5-3-12(18-2)4-6-13/h3-6,11,15H,7-10H2,1-2H3. The van der Waals surface area contributed by atoms with Crippen LogP contribution in [0.1, 0.15) is 6.92 Å². The lowest BCUT2D eigenvalue weighted by atomic mass is 10.2. The predicted molar refractivity (Wildman–Crippen MR) is 77.8 cm³/mol. The molecule has 1 aliphatic rings. The van der Waals surface area contributed by atoms with Crippen molar-refractivity contribution in [2.45, 2.75) is 17.9 Å². The van der Waals surface area contributed by atoms with E-state index in [4.69, 9.17) is 4.74 Å². The Hall–Kier alpha value is -1.20. The zero-order valence-electron chi connectivity index (χ0n) is 11.4. The highest BCUT2D eigenvalue weighted by atomic mass is 32.2. The first-order valence-corrected chi connectivity index (χ1v) is 7.46. The maximum atomic E-state index is 12.2. The highest BCUT2D eigenvalue weighted by molar-refractivity contribution is 8.00. The van der Waals surface area contributed by atoms with Crippen LogP contribution in [0.2, 0.25) is 0 Å². The summed E-state index contributed by atoms with van der Waals surface area (Å²) >= 11 is 1.58. The molecule has 1 heterocycles. The number of carbonyl (C=O) groups is 1. The van der Waals surface area contributed by atoms with Crippen LogP contribution >= 0.6 is 11.8 Å². The molecule has 19 heavy (non-hydrogen) atoms. The SMILES string of the molecule is COc1ccc(SCC(=O)N2CCNCC2C)cc1. The molecule has 1 aromatic rings. The fourth-order valence-corrected chi connectivity index (χ4v) is 2.90. The molecule has 1 atom stereocenters. The summed E-state index contributed by atoms with van der Waals surface area (Å²) in [5, 5.41) is 3.29. The summed E-state index contributed by atoms with van der Waals surface area (Å²) in [5.74, 6) is 1.55. The van der Waals surface area contributed by atoms with E-state index in [-0.39, 0.29) is 11.9 Å². The van der Waals surface area contributed by atoms with Crippen LogP contribution in [0.25, 0.3) is 0 Å². The van der Waals surface area contributed by atoms with E-state index >= 15 is 0 Å². The van der Waals surface area contributed by atoms with Crippen LogP contribution in [0.5, 0.6) is 5.75 Å². The monoisotopic (exact) mass is 280 g/mol. The molecule has 2 rings (SSSR count). The highest BCUT2D eigenvalue weighted by Gasteiger charge is 2.22. The van der Waals surface area contributed by atoms with Gasteiger partial charge in [-0.15, -0.1) is 11.8 Å². The molecule has 1 fully saturated rings. The zero-order valence-corrected chi connectivity index (χ0v) is 12.2. The fourth-order valence-electron chi connectivity index (χ4n) is 2.11. The average molecular weight is 280 g/mol. The van der Waals surface area contributed by atoms with Gasteiger partial charge in [-0.1, -0.05) is 0 Å². The van der Waals surface area contributed by atoms with Crippen molar-refractivity contribution >= 4 is 17.7 Å². The van der Waals surface area contributed by atoms with Crippen LogP contribution in [0.3, 0.4) is 0 Å². The number of piperazine rings is 1. The van der Waals surface area contributed by atoms with Gasteiger partial charge in [-0.2, -0.15) is 0 Å². The van der Waals surface area contributed by atoms with E-state index in [1.165, 1.54) is 0 Å². The molecule has 0 aliphatic carbocycles. The number of nitrogens with zero attached hydrogens (tertiary/aromatic N) is 1. The molecule has 0 spiro atoms. The molecule has 1 N–H and O–H groups in total. The molecule has 0 radical (unpaired) electrons. The van der Waals surface area contributed by atoms with Crippen LogP contribution < -0.4 is 10.1 Å². The van der Waals surface area contributed by atoms with E-state index in [0.717, 1.165) is 30.3 Å². The van der Waals surface area contributed by atoms with Gasteiger partial charge in [0.25, 0.3) is 0 Å². The maximum Gasteiger partial charge on any atom is 0.233 e. The first kappa shape index (κ1) is 14.2. The number of carbonyl (C=O) groups excluding carboxylic acids is 1. The second kappa shape index (κ2) is 6.82. The van der Waals surface area contributed by atoms with E-state index in [2.05, 4.69) is 12.2 Å². The summed E-state index contributed by atoms with van der Waals surface area (Å²) in [6, 6.07) is 8.09. The van der Waals surface area contributed by atoms with Gasteiger partial charge in [0.2, 0.25) is 5.91 Å². The molecule has 1 unspecified atom stereocenters. The number of hydrogen-bond donors (Lipinski definition) is 1. The van der Waals surface area contributed by atoms with Crippen molar-refractivity contribution in [3.8, 4) is 5.75 Å². The number of hydrogen-bond acceptors (Lipinski definition) is 4. The Morgan fingerprint density at radius 3 is 2.84 bits per heavy atom. The Morgan fingerprint density at radius 2 is 2.21 bits per heavy atom. The minimum Gasteiger partial charge on any atom is -0.497 e. The summed E-state index contributed by atoms with van der Waals surface area (Å²) in [4.78, 5) is 15.2. The summed E-state index contributed by atoms with van der Waals surface area (Å²) in [6.07, 6.45) is 0.